The van der Waals surface area contributed by atoms with E-state index in [-0.39, 0.29) is 5.92 Å². The van der Waals surface area contributed by atoms with Crippen LogP contribution in [0.5, 0.6) is 0 Å². The van der Waals surface area contributed by atoms with E-state index in [9.17, 15) is 9.90 Å². The Morgan fingerprint density at radius 1 is 1.43 bits per heavy atom. The number of piperidine rings is 1. The highest BCUT2D eigenvalue weighted by Crippen LogP contribution is 2.25. The van der Waals surface area contributed by atoms with Gasteiger partial charge in [-0.2, -0.15) is 0 Å². The Balaban J connectivity index is 1.94. The Labute approximate surface area is 135 Å². The summed E-state index contributed by atoms with van der Waals surface area (Å²) in [7, 11) is 0. The predicted octanol–water partition coefficient (Wildman–Crippen LogP) is 2.40. The molecule has 3 rings (SSSR count). The molecule has 2 aromatic rings. The molecule has 0 saturated carbocycles. The summed E-state index contributed by atoms with van der Waals surface area (Å²) in [6, 6.07) is 5.78. The number of aliphatic carboxylic acids is 1. The Morgan fingerprint density at radius 2 is 2.30 bits per heavy atom. The molecule has 120 valence electrons. The van der Waals surface area contributed by atoms with Gasteiger partial charge in [-0.15, -0.1) is 0 Å². The molecule has 0 radical (unpaired) electrons. The lowest BCUT2D eigenvalue weighted by atomic mass is 9.98. The first-order valence-corrected chi connectivity index (χ1v) is 7.93. The van der Waals surface area contributed by atoms with Crippen molar-refractivity contribution in [2.75, 3.05) is 18.0 Å². The molecular formula is C17H20N4O2. The topological polar surface area (TPSA) is 79.2 Å². The first-order chi connectivity index (χ1) is 11.2. The summed E-state index contributed by atoms with van der Waals surface area (Å²) in [5.74, 6) is 0.512. The van der Waals surface area contributed by atoms with Gasteiger partial charge in [0.2, 0.25) is 0 Å². The average Bonchev–Trinajstić information content (AvgIpc) is 2.62. The van der Waals surface area contributed by atoms with Crippen molar-refractivity contribution in [2.45, 2.75) is 26.2 Å². The van der Waals surface area contributed by atoms with Crippen LogP contribution in [0.1, 0.15) is 25.6 Å². The minimum atomic E-state index is -0.730. The van der Waals surface area contributed by atoms with E-state index in [1.807, 2.05) is 25.1 Å². The van der Waals surface area contributed by atoms with Gasteiger partial charge in [0, 0.05) is 43.5 Å². The summed E-state index contributed by atoms with van der Waals surface area (Å²) in [6.07, 6.45) is 5.84. The molecule has 0 aromatic carbocycles. The van der Waals surface area contributed by atoms with Crippen LogP contribution in [0.25, 0.3) is 11.3 Å². The lowest BCUT2D eigenvalue weighted by Crippen LogP contribution is -2.39. The second-order valence-electron chi connectivity index (χ2n) is 5.75. The highest BCUT2D eigenvalue weighted by Gasteiger charge is 2.26. The van der Waals surface area contributed by atoms with Crippen LogP contribution in [0.2, 0.25) is 0 Å². The quantitative estimate of drug-likeness (QED) is 0.934. The van der Waals surface area contributed by atoms with Gasteiger partial charge in [0.15, 0.2) is 0 Å². The van der Waals surface area contributed by atoms with Gasteiger partial charge in [-0.05, 0) is 25.0 Å². The molecule has 0 amide bonds. The van der Waals surface area contributed by atoms with Crippen LogP contribution in [-0.2, 0) is 11.2 Å². The second-order valence-corrected chi connectivity index (χ2v) is 5.75. The zero-order chi connectivity index (χ0) is 16.2. The summed E-state index contributed by atoms with van der Waals surface area (Å²) in [5.41, 5.74) is 1.77. The number of hydrogen-bond donors (Lipinski definition) is 1. The predicted molar refractivity (Wildman–Crippen MR) is 87.2 cm³/mol. The van der Waals surface area contributed by atoms with Crippen LogP contribution in [-0.4, -0.2) is 39.1 Å². The summed E-state index contributed by atoms with van der Waals surface area (Å²) >= 11 is 0. The van der Waals surface area contributed by atoms with E-state index in [1.54, 1.807) is 12.4 Å². The normalized spacial score (nSPS) is 18.0. The number of carbonyl (C=O) groups is 1. The molecule has 23 heavy (non-hydrogen) atoms. The maximum atomic E-state index is 11.3. The maximum Gasteiger partial charge on any atom is 0.308 e. The molecule has 1 aliphatic rings. The van der Waals surface area contributed by atoms with Crippen LogP contribution < -0.4 is 4.90 Å². The molecule has 1 aliphatic heterocycles. The van der Waals surface area contributed by atoms with Crippen LogP contribution in [0.3, 0.4) is 0 Å². The first kappa shape index (κ1) is 15.4. The fourth-order valence-electron chi connectivity index (χ4n) is 2.85. The smallest absolute Gasteiger partial charge is 0.308 e. The molecule has 1 fully saturated rings. The van der Waals surface area contributed by atoms with E-state index >= 15 is 0 Å². The molecule has 1 N–H and O–H groups in total. The van der Waals surface area contributed by atoms with Crippen molar-refractivity contribution in [3.63, 3.8) is 0 Å². The fraction of sp³-hybridized carbons (Fsp3) is 0.412. The third-order valence-corrected chi connectivity index (χ3v) is 4.13. The Hall–Kier alpha value is -2.50. The largest absolute Gasteiger partial charge is 0.481 e. The van der Waals surface area contributed by atoms with E-state index in [0.29, 0.717) is 6.54 Å². The zero-order valence-electron chi connectivity index (χ0n) is 13.1. The minimum absolute atomic E-state index is 0.328. The third-order valence-electron chi connectivity index (χ3n) is 4.13. The van der Waals surface area contributed by atoms with Gasteiger partial charge in [0.25, 0.3) is 0 Å². The Morgan fingerprint density at radius 3 is 3.00 bits per heavy atom. The molecule has 1 unspecified atom stereocenters. The standard InChI is InChI=1S/C17H20N4O2/c1-2-15-19-14(12-5-3-7-18-10-12)9-16(20-15)21-8-4-6-13(11-21)17(22)23/h3,5,7,9-10,13H,2,4,6,8,11H2,1H3,(H,22,23). The molecule has 6 nitrogen and oxygen atoms in total. The van der Waals surface area contributed by atoms with Gasteiger partial charge in [-0.3, -0.25) is 9.78 Å². The Kier molecular flexibility index (Phi) is 4.50. The molecule has 0 bridgehead atoms. The highest BCUT2D eigenvalue weighted by atomic mass is 16.4. The summed E-state index contributed by atoms with van der Waals surface area (Å²) in [5, 5.41) is 9.27. The number of rotatable bonds is 4. The first-order valence-electron chi connectivity index (χ1n) is 7.93. The van der Waals surface area contributed by atoms with Crippen LogP contribution >= 0.6 is 0 Å². The number of pyridine rings is 1. The molecular weight excluding hydrogens is 292 g/mol. The monoisotopic (exact) mass is 312 g/mol. The van der Waals surface area contributed by atoms with Gasteiger partial charge in [-0.1, -0.05) is 6.92 Å². The van der Waals surface area contributed by atoms with Crippen LogP contribution in [0.15, 0.2) is 30.6 Å². The second kappa shape index (κ2) is 6.73. The van der Waals surface area contributed by atoms with Gasteiger partial charge >= 0.3 is 5.97 Å². The van der Waals surface area contributed by atoms with Crippen LogP contribution in [0, 0.1) is 5.92 Å². The van der Waals surface area contributed by atoms with Crippen molar-refractivity contribution in [2.24, 2.45) is 5.92 Å². The van der Waals surface area contributed by atoms with E-state index in [4.69, 9.17) is 0 Å². The molecule has 1 saturated heterocycles. The molecule has 1 atom stereocenters. The fourth-order valence-corrected chi connectivity index (χ4v) is 2.85. The SMILES string of the molecule is CCc1nc(-c2cccnc2)cc(N2CCCC(C(=O)O)C2)n1. The van der Waals surface area contributed by atoms with E-state index in [1.165, 1.54) is 0 Å². The lowest BCUT2D eigenvalue weighted by Gasteiger charge is -2.32. The van der Waals surface area contributed by atoms with Gasteiger partial charge < -0.3 is 10.0 Å². The van der Waals surface area contributed by atoms with Crippen molar-refractivity contribution in [1.29, 1.82) is 0 Å². The molecule has 2 aromatic heterocycles. The van der Waals surface area contributed by atoms with Gasteiger partial charge in [0.05, 0.1) is 11.6 Å². The van der Waals surface area contributed by atoms with E-state index in [2.05, 4.69) is 19.9 Å². The number of hydrogen-bond acceptors (Lipinski definition) is 5. The number of nitrogens with zero attached hydrogens (tertiary/aromatic N) is 4. The van der Waals surface area contributed by atoms with Crippen molar-refractivity contribution in [3.05, 3.63) is 36.4 Å². The maximum absolute atomic E-state index is 11.3. The van der Waals surface area contributed by atoms with Crippen molar-refractivity contribution < 1.29 is 9.90 Å². The number of anilines is 1. The van der Waals surface area contributed by atoms with Gasteiger partial charge in [-0.25, -0.2) is 9.97 Å². The zero-order valence-corrected chi connectivity index (χ0v) is 13.1. The molecule has 6 heteroatoms. The van der Waals surface area contributed by atoms with E-state index < -0.39 is 5.97 Å². The highest BCUT2D eigenvalue weighted by molar-refractivity contribution is 5.71. The molecule has 0 spiro atoms. The summed E-state index contributed by atoms with van der Waals surface area (Å²) in [4.78, 5) is 26.6. The summed E-state index contributed by atoms with van der Waals surface area (Å²) in [6.45, 7) is 3.35. The molecule has 0 aliphatic carbocycles. The van der Waals surface area contributed by atoms with Crippen LogP contribution in [0.4, 0.5) is 5.82 Å². The number of aryl methyl sites for hydroxylation is 1. The Bertz CT molecular complexity index is 690. The average molecular weight is 312 g/mol. The number of aromatic nitrogens is 3. The third kappa shape index (κ3) is 3.47. The van der Waals surface area contributed by atoms with Gasteiger partial charge in [0.1, 0.15) is 11.6 Å². The lowest BCUT2D eigenvalue weighted by molar-refractivity contribution is -0.141. The van der Waals surface area contributed by atoms with Crippen molar-refractivity contribution in [1.82, 2.24) is 15.0 Å². The number of carboxylic acids is 1. The molecule has 3 heterocycles. The van der Waals surface area contributed by atoms with E-state index in [0.717, 1.165) is 48.7 Å². The van der Waals surface area contributed by atoms with Crippen molar-refractivity contribution in [3.8, 4) is 11.3 Å². The minimum Gasteiger partial charge on any atom is -0.481 e. The van der Waals surface area contributed by atoms with Crippen molar-refractivity contribution >= 4 is 11.8 Å². The number of carboxylic acid groups (broad SMARTS) is 1. The summed E-state index contributed by atoms with van der Waals surface area (Å²) < 4.78 is 0.